The first-order valence-corrected chi connectivity index (χ1v) is 6.01. The lowest BCUT2D eigenvalue weighted by Gasteiger charge is -2.25. The molecule has 1 fully saturated rings. The Morgan fingerprint density at radius 2 is 1.87 bits per heavy atom. The summed E-state index contributed by atoms with van der Waals surface area (Å²) < 4.78 is 0. The van der Waals surface area contributed by atoms with Crippen LogP contribution in [0, 0.1) is 0 Å². The van der Waals surface area contributed by atoms with E-state index in [1.807, 2.05) is 0 Å². The fourth-order valence-electron chi connectivity index (χ4n) is 2.26. The van der Waals surface area contributed by atoms with Gasteiger partial charge in [0.25, 0.3) is 0 Å². The van der Waals surface area contributed by atoms with E-state index in [-0.39, 0.29) is 0 Å². The Hall–Kier alpha value is -0.120. The van der Waals surface area contributed by atoms with Gasteiger partial charge in [-0.3, -0.25) is 0 Å². The molecule has 0 spiro atoms. The van der Waals surface area contributed by atoms with Crippen LogP contribution in [0.4, 0.5) is 0 Å². The zero-order chi connectivity index (χ0) is 11.5. The summed E-state index contributed by atoms with van der Waals surface area (Å²) in [6, 6.07) is 0.724. The number of nitrogens with one attached hydrogen (secondary N) is 1. The third kappa shape index (κ3) is 4.49. The molecule has 0 aromatic rings. The molecule has 1 atom stereocenters. The van der Waals surface area contributed by atoms with Crippen LogP contribution in [-0.4, -0.2) is 62.2 Å². The minimum atomic E-state index is 0.334. The summed E-state index contributed by atoms with van der Waals surface area (Å²) in [6.45, 7) is 8.13. The zero-order valence-electron chi connectivity index (χ0n) is 11.0. The zero-order valence-corrected chi connectivity index (χ0v) is 11.0. The highest BCUT2D eigenvalue weighted by Crippen LogP contribution is 2.21. The molecule has 1 aliphatic heterocycles. The smallest absolute Gasteiger partial charge is 0.0235 e. The Labute approximate surface area is 94.8 Å². The van der Waals surface area contributed by atoms with Crippen LogP contribution < -0.4 is 5.32 Å². The van der Waals surface area contributed by atoms with Crippen LogP contribution in [0.15, 0.2) is 0 Å². The van der Waals surface area contributed by atoms with Crippen molar-refractivity contribution in [2.45, 2.75) is 38.3 Å². The minimum Gasteiger partial charge on any atom is -0.310 e. The fraction of sp³-hybridized carbons (Fsp3) is 1.00. The third-order valence-electron chi connectivity index (χ3n) is 3.30. The lowest BCUT2D eigenvalue weighted by Crippen LogP contribution is -2.35. The average molecular weight is 213 g/mol. The Morgan fingerprint density at radius 3 is 2.33 bits per heavy atom. The van der Waals surface area contributed by atoms with Gasteiger partial charge in [0, 0.05) is 18.1 Å². The van der Waals surface area contributed by atoms with Crippen LogP contribution in [0.1, 0.15) is 26.7 Å². The van der Waals surface area contributed by atoms with Crippen molar-refractivity contribution in [2.24, 2.45) is 0 Å². The van der Waals surface area contributed by atoms with E-state index in [9.17, 15) is 0 Å². The second-order valence-electron chi connectivity index (χ2n) is 5.76. The molecule has 15 heavy (non-hydrogen) atoms. The molecule has 0 aromatic heterocycles. The van der Waals surface area contributed by atoms with Crippen LogP contribution >= 0.6 is 0 Å². The fourth-order valence-corrected chi connectivity index (χ4v) is 2.26. The molecule has 3 heteroatoms. The monoisotopic (exact) mass is 213 g/mol. The summed E-state index contributed by atoms with van der Waals surface area (Å²) in [5.74, 6) is 0. The number of hydrogen-bond donors (Lipinski definition) is 1. The number of hydrogen-bond acceptors (Lipinski definition) is 3. The summed E-state index contributed by atoms with van der Waals surface area (Å²) in [4.78, 5) is 4.76. The third-order valence-corrected chi connectivity index (χ3v) is 3.30. The van der Waals surface area contributed by atoms with Crippen LogP contribution in [0.5, 0.6) is 0 Å². The maximum atomic E-state index is 3.57. The Morgan fingerprint density at radius 1 is 1.20 bits per heavy atom. The van der Waals surface area contributed by atoms with Crippen molar-refractivity contribution >= 4 is 0 Å². The van der Waals surface area contributed by atoms with E-state index in [4.69, 9.17) is 0 Å². The molecule has 3 nitrogen and oxygen atoms in total. The quantitative estimate of drug-likeness (QED) is 0.735. The van der Waals surface area contributed by atoms with Crippen molar-refractivity contribution in [3.05, 3.63) is 0 Å². The Bertz CT molecular complexity index is 189. The molecule has 1 heterocycles. The van der Waals surface area contributed by atoms with Gasteiger partial charge in [0.05, 0.1) is 0 Å². The molecule has 0 aliphatic carbocycles. The van der Waals surface area contributed by atoms with Crippen molar-refractivity contribution < 1.29 is 0 Å². The second kappa shape index (κ2) is 5.28. The Kier molecular flexibility index (Phi) is 4.56. The van der Waals surface area contributed by atoms with Gasteiger partial charge in [-0.1, -0.05) is 0 Å². The van der Waals surface area contributed by atoms with Gasteiger partial charge < -0.3 is 15.1 Å². The first-order chi connectivity index (χ1) is 6.91. The van der Waals surface area contributed by atoms with E-state index in [1.54, 1.807) is 0 Å². The van der Waals surface area contributed by atoms with E-state index >= 15 is 0 Å². The van der Waals surface area contributed by atoms with Crippen molar-refractivity contribution in [1.29, 1.82) is 0 Å². The highest BCUT2D eigenvalue weighted by atomic mass is 15.2. The van der Waals surface area contributed by atoms with Crippen LogP contribution in [0.2, 0.25) is 0 Å². The maximum absolute atomic E-state index is 3.57. The molecule has 1 aliphatic rings. The molecule has 0 aromatic carbocycles. The summed E-state index contributed by atoms with van der Waals surface area (Å²) in [5, 5.41) is 3.57. The minimum absolute atomic E-state index is 0.334. The van der Waals surface area contributed by atoms with Crippen molar-refractivity contribution in [1.82, 2.24) is 15.1 Å². The molecule has 1 unspecified atom stereocenters. The molecule has 0 saturated carbocycles. The number of likely N-dealkylation sites (N-methyl/N-ethyl adjacent to an activating group) is 1. The van der Waals surface area contributed by atoms with E-state index in [0.717, 1.165) is 12.6 Å². The van der Waals surface area contributed by atoms with E-state index in [1.165, 1.54) is 25.9 Å². The molecular weight excluding hydrogens is 186 g/mol. The van der Waals surface area contributed by atoms with E-state index in [0.29, 0.717) is 5.54 Å². The predicted molar refractivity (Wildman–Crippen MR) is 66.3 cm³/mol. The summed E-state index contributed by atoms with van der Waals surface area (Å²) >= 11 is 0. The van der Waals surface area contributed by atoms with Gasteiger partial charge in [0.2, 0.25) is 0 Å². The van der Waals surface area contributed by atoms with Crippen molar-refractivity contribution in [3.63, 3.8) is 0 Å². The predicted octanol–water partition coefficient (Wildman–Crippen LogP) is 1.01. The van der Waals surface area contributed by atoms with Crippen LogP contribution in [0.3, 0.4) is 0 Å². The molecule has 90 valence electrons. The molecular formula is C12H27N3. The molecule has 0 amide bonds. The van der Waals surface area contributed by atoms with Gasteiger partial charge in [-0.2, -0.15) is 0 Å². The van der Waals surface area contributed by atoms with Crippen LogP contribution in [0.25, 0.3) is 0 Å². The molecule has 1 rings (SSSR count). The first kappa shape index (κ1) is 12.9. The van der Waals surface area contributed by atoms with Crippen molar-refractivity contribution in [2.75, 3.05) is 40.8 Å². The molecule has 1 N–H and O–H groups in total. The van der Waals surface area contributed by atoms with Crippen molar-refractivity contribution in [3.8, 4) is 0 Å². The van der Waals surface area contributed by atoms with Gasteiger partial charge in [-0.15, -0.1) is 0 Å². The lowest BCUT2D eigenvalue weighted by atomic mass is 10.0. The summed E-state index contributed by atoms with van der Waals surface area (Å²) in [5.41, 5.74) is 0.334. The second-order valence-corrected chi connectivity index (χ2v) is 5.76. The van der Waals surface area contributed by atoms with E-state index in [2.05, 4.69) is 50.1 Å². The summed E-state index contributed by atoms with van der Waals surface area (Å²) in [7, 11) is 6.53. The normalized spacial score (nSPS) is 25.4. The number of rotatable bonds is 5. The molecule has 1 saturated heterocycles. The van der Waals surface area contributed by atoms with Gasteiger partial charge in [-0.05, 0) is 60.9 Å². The average Bonchev–Trinajstić information content (AvgIpc) is 2.45. The number of nitrogens with zero attached hydrogens (tertiary/aromatic N) is 2. The van der Waals surface area contributed by atoms with E-state index < -0.39 is 0 Å². The Balaban J connectivity index is 2.21. The SMILES string of the molecule is CN(C)CCCN(C)C1CNC(C)(C)C1. The van der Waals surface area contributed by atoms with Gasteiger partial charge in [0.1, 0.15) is 0 Å². The molecule has 0 bridgehead atoms. The maximum Gasteiger partial charge on any atom is 0.0235 e. The lowest BCUT2D eigenvalue weighted by molar-refractivity contribution is 0.234. The highest BCUT2D eigenvalue weighted by molar-refractivity contribution is 4.93. The topological polar surface area (TPSA) is 18.5 Å². The summed E-state index contributed by atoms with van der Waals surface area (Å²) in [6.07, 6.45) is 2.53. The van der Waals surface area contributed by atoms with Gasteiger partial charge >= 0.3 is 0 Å². The van der Waals surface area contributed by atoms with Gasteiger partial charge in [0.15, 0.2) is 0 Å². The first-order valence-electron chi connectivity index (χ1n) is 6.01. The van der Waals surface area contributed by atoms with Gasteiger partial charge in [-0.25, -0.2) is 0 Å². The standard InChI is InChI=1S/C12H27N3/c1-12(2)9-11(10-13-12)15(5)8-6-7-14(3)4/h11,13H,6-10H2,1-5H3. The highest BCUT2D eigenvalue weighted by Gasteiger charge is 2.31. The van der Waals surface area contributed by atoms with Crippen LogP contribution in [-0.2, 0) is 0 Å². The molecule has 0 radical (unpaired) electrons. The largest absolute Gasteiger partial charge is 0.310 e.